The maximum atomic E-state index is 12.7. The van der Waals surface area contributed by atoms with Crippen LogP contribution in [0.3, 0.4) is 0 Å². The van der Waals surface area contributed by atoms with Crippen LogP contribution >= 0.6 is 15.9 Å². The standard InChI is InChI=1S/C19H20BrN3O3S/c1-14(15-7-9-17(20)10-8-15)21-22-19(24)16-5-4-6-18(13-16)27(25,26)23-11-2-3-12-23/h4-10,13H,2-3,11-12H2,1H3,(H,22,24)/b21-14+. The zero-order valence-corrected chi connectivity index (χ0v) is 17.3. The van der Waals surface area contributed by atoms with Crippen molar-refractivity contribution in [2.45, 2.75) is 24.7 Å². The summed E-state index contributed by atoms with van der Waals surface area (Å²) in [5.74, 6) is -0.454. The number of hydrogen-bond acceptors (Lipinski definition) is 4. The van der Waals surface area contributed by atoms with Crippen molar-refractivity contribution in [3.63, 3.8) is 0 Å². The number of halogens is 1. The average molecular weight is 450 g/mol. The molecule has 1 saturated heterocycles. The minimum atomic E-state index is -3.56. The molecule has 1 N–H and O–H groups in total. The molecule has 0 radical (unpaired) electrons. The highest BCUT2D eigenvalue weighted by Gasteiger charge is 2.27. The molecule has 3 rings (SSSR count). The van der Waals surface area contributed by atoms with Gasteiger partial charge in [0.2, 0.25) is 10.0 Å². The molecule has 27 heavy (non-hydrogen) atoms. The first-order valence-electron chi connectivity index (χ1n) is 8.59. The zero-order valence-electron chi connectivity index (χ0n) is 14.9. The summed E-state index contributed by atoms with van der Waals surface area (Å²) in [5.41, 5.74) is 4.27. The molecule has 1 amide bonds. The molecule has 1 aliphatic heterocycles. The van der Waals surface area contributed by atoms with Crippen LogP contribution in [0.25, 0.3) is 0 Å². The first-order chi connectivity index (χ1) is 12.9. The van der Waals surface area contributed by atoms with Gasteiger partial charge >= 0.3 is 0 Å². The van der Waals surface area contributed by atoms with Crippen LogP contribution in [0.2, 0.25) is 0 Å². The second kappa shape index (κ2) is 8.33. The van der Waals surface area contributed by atoms with Crippen LogP contribution in [-0.2, 0) is 10.0 Å². The Morgan fingerprint density at radius 2 is 1.74 bits per heavy atom. The van der Waals surface area contributed by atoms with Crippen LogP contribution < -0.4 is 5.43 Å². The second-order valence-corrected chi connectivity index (χ2v) is 9.14. The normalized spacial score (nSPS) is 15.7. The fourth-order valence-corrected chi connectivity index (χ4v) is 4.66. The molecule has 6 nitrogen and oxygen atoms in total. The number of benzene rings is 2. The van der Waals surface area contributed by atoms with Gasteiger partial charge in [-0.2, -0.15) is 9.41 Å². The van der Waals surface area contributed by atoms with E-state index in [1.165, 1.54) is 16.4 Å². The maximum absolute atomic E-state index is 12.7. The van der Waals surface area contributed by atoms with E-state index in [-0.39, 0.29) is 10.5 Å². The number of nitrogens with zero attached hydrogens (tertiary/aromatic N) is 2. The first-order valence-corrected chi connectivity index (χ1v) is 10.8. The van der Waals surface area contributed by atoms with Crippen molar-refractivity contribution in [1.29, 1.82) is 0 Å². The molecular formula is C19H20BrN3O3S. The molecule has 0 unspecified atom stereocenters. The van der Waals surface area contributed by atoms with E-state index in [9.17, 15) is 13.2 Å². The molecule has 8 heteroatoms. The quantitative estimate of drug-likeness (QED) is 0.561. The predicted molar refractivity (Wildman–Crippen MR) is 108 cm³/mol. The van der Waals surface area contributed by atoms with Crippen LogP contribution in [0.15, 0.2) is 63.0 Å². The summed E-state index contributed by atoms with van der Waals surface area (Å²) < 4.78 is 27.7. The molecule has 2 aromatic rings. The van der Waals surface area contributed by atoms with Crippen LogP contribution in [0.4, 0.5) is 0 Å². The largest absolute Gasteiger partial charge is 0.271 e. The molecule has 1 fully saturated rings. The third kappa shape index (κ3) is 4.63. The molecule has 0 saturated carbocycles. The number of hydrogen-bond donors (Lipinski definition) is 1. The van der Waals surface area contributed by atoms with Gasteiger partial charge in [-0.1, -0.05) is 34.1 Å². The van der Waals surface area contributed by atoms with Crippen molar-refractivity contribution in [2.75, 3.05) is 13.1 Å². The molecule has 0 spiro atoms. The van der Waals surface area contributed by atoms with E-state index in [1.807, 2.05) is 24.3 Å². The monoisotopic (exact) mass is 449 g/mol. The molecule has 1 aliphatic rings. The Morgan fingerprint density at radius 1 is 1.07 bits per heavy atom. The molecule has 0 aromatic heterocycles. The minimum Gasteiger partial charge on any atom is -0.267 e. The molecule has 0 bridgehead atoms. The van der Waals surface area contributed by atoms with Crippen molar-refractivity contribution in [3.05, 3.63) is 64.1 Å². The van der Waals surface area contributed by atoms with Crippen LogP contribution in [0, 0.1) is 0 Å². The van der Waals surface area contributed by atoms with Gasteiger partial charge in [0.25, 0.3) is 5.91 Å². The number of amides is 1. The highest BCUT2D eigenvalue weighted by Crippen LogP contribution is 2.21. The van der Waals surface area contributed by atoms with E-state index < -0.39 is 15.9 Å². The third-order valence-electron chi connectivity index (χ3n) is 4.39. The van der Waals surface area contributed by atoms with Crippen LogP contribution in [0.1, 0.15) is 35.7 Å². The van der Waals surface area contributed by atoms with Crippen LogP contribution in [-0.4, -0.2) is 37.4 Å². The van der Waals surface area contributed by atoms with E-state index in [4.69, 9.17) is 0 Å². The Hall–Kier alpha value is -2.03. The summed E-state index contributed by atoms with van der Waals surface area (Å²) >= 11 is 3.37. The summed E-state index contributed by atoms with van der Waals surface area (Å²) in [6.45, 7) is 2.84. The zero-order chi connectivity index (χ0) is 19.4. The molecule has 1 heterocycles. The number of hydrazone groups is 1. The number of carbonyl (C=O) groups excluding carboxylic acids is 1. The van der Waals surface area contributed by atoms with E-state index in [1.54, 1.807) is 19.1 Å². The summed E-state index contributed by atoms with van der Waals surface area (Å²) in [6.07, 6.45) is 1.73. The molecule has 2 aromatic carbocycles. The fourth-order valence-electron chi connectivity index (χ4n) is 2.83. The lowest BCUT2D eigenvalue weighted by Gasteiger charge is -2.15. The van der Waals surface area contributed by atoms with Gasteiger partial charge in [-0.3, -0.25) is 4.79 Å². The predicted octanol–water partition coefficient (Wildman–Crippen LogP) is 3.39. The van der Waals surface area contributed by atoms with Crippen LogP contribution in [0.5, 0.6) is 0 Å². The Bertz CT molecular complexity index is 966. The van der Waals surface area contributed by atoms with Crippen molar-refractivity contribution in [1.82, 2.24) is 9.73 Å². The van der Waals surface area contributed by atoms with Crippen molar-refractivity contribution >= 4 is 37.6 Å². The van der Waals surface area contributed by atoms with E-state index in [0.29, 0.717) is 18.8 Å². The summed E-state index contributed by atoms with van der Waals surface area (Å²) in [5, 5.41) is 4.11. The summed E-state index contributed by atoms with van der Waals surface area (Å²) in [6, 6.07) is 13.6. The minimum absolute atomic E-state index is 0.130. The number of rotatable bonds is 5. The average Bonchev–Trinajstić information content (AvgIpc) is 3.22. The van der Waals surface area contributed by atoms with Gasteiger partial charge in [-0.25, -0.2) is 13.8 Å². The van der Waals surface area contributed by atoms with E-state index in [2.05, 4.69) is 26.5 Å². The maximum Gasteiger partial charge on any atom is 0.271 e. The van der Waals surface area contributed by atoms with Gasteiger partial charge in [0, 0.05) is 23.1 Å². The number of carbonyl (C=O) groups is 1. The van der Waals surface area contributed by atoms with Gasteiger partial charge < -0.3 is 0 Å². The van der Waals surface area contributed by atoms with Crippen molar-refractivity contribution < 1.29 is 13.2 Å². The van der Waals surface area contributed by atoms with Crippen molar-refractivity contribution in [2.24, 2.45) is 5.10 Å². The topological polar surface area (TPSA) is 78.8 Å². The SMILES string of the molecule is C/C(=N\NC(=O)c1cccc(S(=O)(=O)N2CCCC2)c1)c1ccc(Br)cc1. The Labute approximate surface area is 167 Å². The highest BCUT2D eigenvalue weighted by molar-refractivity contribution is 9.10. The van der Waals surface area contributed by atoms with Gasteiger partial charge in [0.1, 0.15) is 0 Å². The first kappa shape index (κ1) is 19.7. The number of sulfonamides is 1. The van der Waals surface area contributed by atoms with Gasteiger partial charge in [0.05, 0.1) is 10.6 Å². The van der Waals surface area contributed by atoms with E-state index >= 15 is 0 Å². The van der Waals surface area contributed by atoms with E-state index in [0.717, 1.165) is 22.9 Å². The molecular weight excluding hydrogens is 430 g/mol. The second-order valence-electron chi connectivity index (χ2n) is 6.28. The van der Waals surface area contributed by atoms with Crippen molar-refractivity contribution in [3.8, 4) is 0 Å². The third-order valence-corrected chi connectivity index (χ3v) is 6.81. The molecule has 0 atom stereocenters. The Morgan fingerprint density at radius 3 is 2.41 bits per heavy atom. The van der Waals surface area contributed by atoms with Gasteiger partial charge in [-0.15, -0.1) is 0 Å². The molecule has 142 valence electrons. The molecule has 0 aliphatic carbocycles. The fraction of sp³-hybridized carbons (Fsp3) is 0.263. The Kier molecular flexibility index (Phi) is 6.08. The number of nitrogens with one attached hydrogen (secondary N) is 1. The summed E-state index contributed by atoms with van der Waals surface area (Å²) in [4.78, 5) is 12.5. The lowest BCUT2D eigenvalue weighted by atomic mass is 10.1. The Balaban J connectivity index is 1.75. The highest BCUT2D eigenvalue weighted by atomic mass is 79.9. The smallest absolute Gasteiger partial charge is 0.267 e. The van der Waals surface area contributed by atoms with Gasteiger partial charge in [0.15, 0.2) is 0 Å². The summed E-state index contributed by atoms with van der Waals surface area (Å²) in [7, 11) is -3.56. The van der Waals surface area contributed by atoms with Gasteiger partial charge in [-0.05, 0) is 55.7 Å². The lowest BCUT2D eigenvalue weighted by molar-refractivity contribution is 0.0954. The lowest BCUT2D eigenvalue weighted by Crippen LogP contribution is -2.28.